The molecule has 1 aliphatic heterocycles. The maximum atomic E-state index is 6.14. The van der Waals surface area contributed by atoms with Crippen LogP contribution in [-0.2, 0) is 0 Å². The van der Waals surface area contributed by atoms with Crippen LogP contribution in [0.3, 0.4) is 0 Å². The number of nitrogens with one attached hydrogen (secondary N) is 1. The molecule has 1 aromatic rings. The highest BCUT2D eigenvalue weighted by Crippen LogP contribution is 2.36. The smallest absolute Gasteiger partial charge is 0.133 e. The molecule has 0 spiro atoms. The van der Waals surface area contributed by atoms with Crippen LogP contribution < -0.4 is 10.1 Å². The van der Waals surface area contributed by atoms with E-state index in [0.29, 0.717) is 6.04 Å². The minimum atomic E-state index is 0.234. The lowest BCUT2D eigenvalue weighted by Crippen LogP contribution is -2.45. The van der Waals surface area contributed by atoms with Gasteiger partial charge in [0.15, 0.2) is 0 Å². The zero-order valence-corrected chi connectivity index (χ0v) is 12.2. The van der Waals surface area contributed by atoms with E-state index in [-0.39, 0.29) is 6.10 Å². The number of thioether (sulfide) groups is 1. The van der Waals surface area contributed by atoms with Crippen LogP contribution in [0.25, 0.3) is 0 Å². The fourth-order valence-electron chi connectivity index (χ4n) is 2.34. The summed E-state index contributed by atoms with van der Waals surface area (Å²) in [7, 11) is 0. The Morgan fingerprint density at radius 1 is 1.53 bits per heavy atom. The highest BCUT2D eigenvalue weighted by Gasteiger charge is 2.27. The third-order valence-electron chi connectivity index (χ3n) is 3.28. The van der Waals surface area contributed by atoms with Crippen LogP contribution in [0.2, 0.25) is 0 Å². The minimum Gasteiger partial charge on any atom is -0.487 e. The SMILES string of the molecule is C#CCCCC(NCC)C1CSc2ccccc2O1. The van der Waals surface area contributed by atoms with Crippen molar-refractivity contribution in [1.82, 2.24) is 5.32 Å². The molecule has 1 aliphatic rings. The van der Waals surface area contributed by atoms with Crippen molar-refractivity contribution < 1.29 is 4.74 Å². The highest BCUT2D eigenvalue weighted by molar-refractivity contribution is 7.99. The largest absolute Gasteiger partial charge is 0.487 e. The number of para-hydroxylation sites is 1. The summed E-state index contributed by atoms with van der Waals surface area (Å²) in [5.74, 6) is 4.73. The molecule has 2 atom stereocenters. The molecule has 0 amide bonds. The summed E-state index contributed by atoms with van der Waals surface area (Å²) in [6, 6.07) is 8.65. The molecule has 19 heavy (non-hydrogen) atoms. The molecule has 0 bridgehead atoms. The lowest BCUT2D eigenvalue weighted by molar-refractivity contribution is 0.160. The molecule has 1 N–H and O–H groups in total. The number of terminal acetylenes is 1. The monoisotopic (exact) mass is 275 g/mol. The predicted molar refractivity (Wildman–Crippen MR) is 81.7 cm³/mol. The van der Waals surface area contributed by atoms with Crippen LogP contribution >= 0.6 is 11.8 Å². The Balaban J connectivity index is 1.97. The van der Waals surface area contributed by atoms with Crippen molar-refractivity contribution in [2.45, 2.75) is 43.2 Å². The second-order valence-electron chi connectivity index (χ2n) is 4.67. The molecule has 2 rings (SSSR count). The molecule has 2 nitrogen and oxygen atoms in total. The number of likely N-dealkylation sites (N-methyl/N-ethyl adjacent to an activating group) is 1. The third kappa shape index (κ3) is 3.92. The molecule has 2 unspecified atom stereocenters. The Bertz CT molecular complexity index is 441. The van der Waals surface area contributed by atoms with E-state index < -0.39 is 0 Å². The predicted octanol–water partition coefficient (Wildman–Crippen LogP) is 3.32. The van der Waals surface area contributed by atoms with Crippen molar-refractivity contribution in [2.24, 2.45) is 0 Å². The Morgan fingerprint density at radius 3 is 3.16 bits per heavy atom. The van der Waals surface area contributed by atoms with Crippen molar-refractivity contribution >= 4 is 11.8 Å². The van der Waals surface area contributed by atoms with Crippen molar-refractivity contribution in [3.8, 4) is 18.1 Å². The van der Waals surface area contributed by atoms with E-state index in [4.69, 9.17) is 11.2 Å². The lowest BCUT2D eigenvalue weighted by atomic mass is 10.0. The number of ether oxygens (including phenoxy) is 1. The van der Waals surface area contributed by atoms with Crippen molar-refractivity contribution in [1.29, 1.82) is 0 Å². The maximum Gasteiger partial charge on any atom is 0.133 e. The number of rotatable bonds is 6. The van der Waals surface area contributed by atoms with Gasteiger partial charge in [0.2, 0.25) is 0 Å². The van der Waals surface area contributed by atoms with E-state index in [1.54, 1.807) is 0 Å². The third-order valence-corrected chi connectivity index (χ3v) is 4.43. The highest BCUT2D eigenvalue weighted by atomic mass is 32.2. The molecule has 0 fully saturated rings. The normalized spacial score (nSPS) is 19.1. The van der Waals surface area contributed by atoms with Gasteiger partial charge in [-0.1, -0.05) is 19.1 Å². The van der Waals surface area contributed by atoms with E-state index >= 15 is 0 Å². The van der Waals surface area contributed by atoms with E-state index in [2.05, 4.69) is 36.4 Å². The summed E-state index contributed by atoms with van der Waals surface area (Å²) in [6.07, 6.45) is 8.53. The molecule has 3 heteroatoms. The first-order valence-electron chi connectivity index (χ1n) is 6.90. The number of fused-ring (bicyclic) bond motifs is 1. The van der Waals surface area contributed by atoms with E-state index in [1.807, 2.05) is 17.8 Å². The van der Waals surface area contributed by atoms with Crippen LogP contribution in [0.1, 0.15) is 26.2 Å². The van der Waals surface area contributed by atoms with E-state index in [9.17, 15) is 0 Å². The standard InChI is InChI=1S/C16H21NOS/c1-3-5-6-9-13(17-4-2)15-12-19-16-11-8-7-10-14(16)18-15/h1,7-8,10-11,13,15,17H,4-6,9,12H2,2H3. The summed E-state index contributed by atoms with van der Waals surface area (Å²) in [5.41, 5.74) is 0. The molecular weight excluding hydrogens is 254 g/mol. The van der Waals surface area contributed by atoms with Crippen molar-refractivity contribution in [3.05, 3.63) is 24.3 Å². The number of unbranched alkanes of at least 4 members (excludes halogenated alkanes) is 1. The Morgan fingerprint density at radius 2 is 2.37 bits per heavy atom. The van der Waals surface area contributed by atoms with Gasteiger partial charge in [0.25, 0.3) is 0 Å². The topological polar surface area (TPSA) is 21.3 Å². The minimum absolute atomic E-state index is 0.234. The van der Waals surface area contributed by atoms with Crippen LogP contribution in [0.15, 0.2) is 29.2 Å². The van der Waals surface area contributed by atoms with Gasteiger partial charge in [-0.15, -0.1) is 24.1 Å². The molecule has 102 valence electrons. The average Bonchev–Trinajstić information content (AvgIpc) is 2.46. The van der Waals surface area contributed by atoms with Gasteiger partial charge >= 0.3 is 0 Å². The second-order valence-corrected chi connectivity index (χ2v) is 5.74. The number of hydrogen-bond donors (Lipinski definition) is 1. The molecule has 1 aromatic carbocycles. The van der Waals surface area contributed by atoms with Gasteiger partial charge in [0, 0.05) is 23.1 Å². The van der Waals surface area contributed by atoms with Gasteiger partial charge in [-0.05, 0) is 31.5 Å². The van der Waals surface area contributed by atoms with Crippen molar-refractivity contribution in [2.75, 3.05) is 12.3 Å². The zero-order chi connectivity index (χ0) is 13.5. The fourth-order valence-corrected chi connectivity index (χ4v) is 3.42. The zero-order valence-electron chi connectivity index (χ0n) is 11.4. The first-order valence-corrected chi connectivity index (χ1v) is 7.89. The molecular formula is C16H21NOS. The molecule has 0 radical (unpaired) electrons. The van der Waals surface area contributed by atoms with E-state index in [1.165, 1.54) is 4.90 Å². The molecule has 1 heterocycles. The summed E-state index contributed by atoms with van der Waals surface area (Å²) in [5, 5.41) is 3.54. The van der Waals surface area contributed by atoms with E-state index in [0.717, 1.165) is 37.3 Å². The van der Waals surface area contributed by atoms with Gasteiger partial charge in [-0.2, -0.15) is 0 Å². The Kier molecular flexibility index (Phi) is 5.62. The molecule has 0 aromatic heterocycles. The number of benzene rings is 1. The van der Waals surface area contributed by atoms with Gasteiger partial charge in [0.1, 0.15) is 11.9 Å². The van der Waals surface area contributed by atoms with Gasteiger partial charge < -0.3 is 10.1 Å². The van der Waals surface area contributed by atoms with Crippen molar-refractivity contribution in [3.63, 3.8) is 0 Å². The summed E-state index contributed by atoms with van der Waals surface area (Å²) in [6.45, 7) is 3.10. The van der Waals surface area contributed by atoms with Crippen LogP contribution in [0.5, 0.6) is 5.75 Å². The van der Waals surface area contributed by atoms with Crippen LogP contribution in [0, 0.1) is 12.3 Å². The number of hydrogen-bond acceptors (Lipinski definition) is 3. The summed E-state index contributed by atoms with van der Waals surface area (Å²) < 4.78 is 6.14. The van der Waals surface area contributed by atoms with Gasteiger partial charge in [0.05, 0.1) is 0 Å². The molecule has 0 saturated carbocycles. The first kappa shape index (κ1) is 14.3. The first-order chi connectivity index (χ1) is 9.35. The van der Waals surface area contributed by atoms with Gasteiger partial charge in [-0.3, -0.25) is 0 Å². The Labute approximate surface area is 120 Å². The maximum absolute atomic E-state index is 6.14. The average molecular weight is 275 g/mol. The quantitative estimate of drug-likeness (QED) is 0.635. The molecule has 0 saturated heterocycles. The van der Waals surface area contributed by atoms with Crippen LogP contribution in [0.4, 0.5) is 0 Å². The lowest BCUT2D eigenvalue weighted by Gasteiger charge is -2.32. The fraction of sp³-hybridized carbons (Fsp3) is 0.500. The Hall–Kier alpha value is -1.11. The van der Waals surface area contributed by atoms with Crippen LogP contribution in [-0.4, -0.2) is 24.4 Å². The second kappa shape index (κ2) is 7.47. The summed E-state index contributed by atoms with van der Waals surface area (Å²) >= 11 is 1.88. The summed E-state index contributed by atoms with van der Waals surface area (Å²) in [4.78, 5) is 1.25. The van der Waals surface area contributed by atoms with Gasteiger partial charge in [-0.25, -0.2) is 0 Å². The molecule has 0 aliphatic carbocycles.